The third-order valence-electron chi connectivity index (χ3n) is 4.05. The molecule has 1 aromatic rings. The molecule has 2 heterocycles. The highest BCUT2D eigenvalue weighted by atomic mass is 32.2. The van der Waals surface area contributed by atoms with Crippen molar-refractivity contribution in [1.82, 2.24) is 15.2 Å². The van der Waals surface area contributed by atoms with Gasteiger partial charge >= 0.3 is 0 Å². The molecule has 0 aromatic carbocycles. The second kappa shape index (κ2) is 8.38. The number of guanidine groups is 1. The van der Waals surface area contributed by atoms with Crippen LogP contribution in [0.15, 0.2) is 10.4 Å². The molecule has 1 atom stereocenters. The lowest BCUT2D eigenvalue weighted by Gasteiger charge is -2.34. The minimum absolute atomic E-state index is 0.138. The number of aromatic nitrogens is 1. The van der Waals surface area contributed by atoms with E-state index in [1.165, 1.54) is 22.9 Å². The number of aliphatic imine (C=N–C) groups is 1. The summed E-state index contributed by atoms with van der Waals surface area (Å²) in [5, 5.41) is 7.64. The fourth-order valence-corrected chi connectivity index (χ4v) is 4.75. The fourth-order valence-electron chi connectivity index (χ4n) is 2.54. The maximum absolute atomic E-state index is 4.76. The van der Waals surface area contributed by atoms with E-state index in [9.17, 15) is 0 Å². The molecule has 0 bridgehead atoms. The van der Waals surface area contributed by atoms with Crippen molar-refractivity contribution in [2.75, 3.05) is 32.4 Å². The maximum atomic E-state index is 4.76. The summed E-state index contributed by atoms with van der Waals surface area (Å²) in [5.74, 6) is 2.23. The second-order valence-electron chi connectivity index (χ2n) is 6.95. The molecule has 1 aliphatic rings. The van der Waals surface area contributed by atoms with Crippen LogP contribution >= 0.6 is 23.1 Å². The third-order valence-corrected chi connectivity index (χ3v) is 6.33. The van der Waals surface area contributed by atoms with Gasteiger partial charge in [0.1, 0.15) is 0 Å². The molecule has 1 aliphatic heterocycles. The summed E-state index contributed by atoms with van der Waals surface area (Å²) in [5.41, 5.74) is 1.33. The standard InChI is InChI=1S/C17H30N4S2/c1-6-13-11-21(9-10-22-13)16(18-5)19-8-7-15-20-14(12-23-15)17(2,3)4/h12-13H,6-11H2,1-5H3,(H,18,19). The van der Waals surface area contributed by atoms with Gasteiger partial charge in [0.15, 0.2) is 5.96 Å². The van der Waals surface area contributed by atoms with Crippen LogP contribution < -0.4 is 5.32 Å². The number of thiazole rings is 1. The Morgan fingerprint density at radius 2 is 2.26 bits per heavy atom. The molecule has 4 nitrogen and oxygen atoms in total. The van der Waals surface area contributed by atoms with Gasteiger partial charge in [-0.1, -0.05) is 27.7 Å². The zero-order valence-electron chi connectivity index (χ0n) is 15.1. The van der Waals surface area contributed by atoms with E-state index in [1.807, 2.05) is 7.05 Å². The largest absolute Gasteiger partial charge is 0.356 e. The molecule has 23 heavy (non-hydrogen) atoms. The topological polar surface area (TPSA) is 40.5 Å². The van der Waals surface area contributed by atoms with E-state index in [0.717, 1.165) is 37.3 Å². The zero-order chi connectivity index (χ0) is 16.9. The summed E-state index contributed by atoms with van der Waals surface area (Å²) < 4.78 is 0. The Morgan fingerprint density at radius 1 is 1.48 bits per heavy atom. The lowest BCUT2D eigenvalue weighted by molar-refractivity contribution is 0.408. The van der Waals surface area contributed by atoms with Crippen LogP contribution in [0.25, 0.3) is 0 Å². The van der Waals surface area contributed by atoms with Crippen molar-refractivity contribution in [1.29, 1.82) is 0 Å². The minimum atomic E-state index is 0.138. The van der Waals surface area contributed by atoms with Crippen LogP contribution in [0.4, 0.5) is 0 Å². The summed E-state index contributed by atoms with van der Waals surface area (Å²) in [6.45, 7) is 12.0. The fraction of sp³-hybridized carbons (Fsp3) is 0.765. The molecule has 0 spiro atoms. The molecule has 1 aromatic heterocycles. The van der Waals surface area contributed by atoms with E-state index in [1.54, 1.807) is 11.3 Å². The lowest BCUT2D eigenvalue weighted by atomic mass is 9.93. The normalized spacial score (nSPS) is 20.0. The molecule has 2 rings (SSSR count). The molecule has 0 radical (unpaired) electrons. The van der Waals surface area contributed by atoms with E-state index in [2.05, 4.69) is 60.0 Å². The van der Waals surface area contributed by atoms with Gasteiger partial charge in [-0.25, -0.2) is 4.98 Å². The van der Waals surface area contributed by atoms with E-state index in [0.29, 0.717) is 0 Å². The monoisotopic (exact) mass is 354 g/mol. The van der Waals surface area contributed by atoms with Gasteiger partial charge in [0.05, 0.1) is 10.7 Å². The molecule has 0 aliphatic carbocycles. The van der Waals surface area contributed by atoms with E-state index in [4.69, 9.17) is 4.98 Å². The summed E-state index contributed by atoms with van der Waals surface area (Å²) in [6, 6.07) is 0. The van der Waals surface area contributed by atoms with Gasteiger partial charge in [0, 0.05) is 54.9 Å². The predicted molar refractivity (Wildman–Crippen MR) is 104 cm³/mol. The molecule has 130 valence electrons. The average molecular weight is 355 g/mol. The van der Waals surface area contributed by atoms with Gasteiger partial charge < -0.3 is 10.2 Å². The first-order valence-electron chi connectivity index (χ1n) is 8.46. The van der Waals surface area contributed by atoms with E-state index >= 15 is 0 Å². The second-order valence-corrected chi connectivity index (χ2v) is 9.30. The SMILES string of the molecule is CCC1CN(C(=NC)NCCc2nc(C(C)(C)C)cs2)CCS1. The summed E-state index contributed by atoms with van der Waals surface area (Å²) in [6.07, 6.45) is 2.19. The van der Waals surface area contributed by atoms with Crippen LogP contribution in [0.2, 0.25) is 0 Å². The Hall–Kier alpha value is -0.750. The van der Waals surface area contributed by atoms with Crippen molar-refractivity contribution in [3.8, 4) is 0 Å². The molecule has 0 saturated carbocycles. The smallest absolute Gasteiger partial charge is 0.193 e. The van der Waals surface area contributed by atoms with Gasteiger partial charge in [-0.05, 0) is 6.42 Å². The molecule has 1 N–H and O–H groups in total. The van der Waals surface area contributed by atoms with Crippen LogP contribution in [0.5, 0.6) is 0 Å². The highest BCUT2D eigenvalue weighted by molar-refractivity contribution is 8.00. The van der Waals surface area contributed by atoms with Crippen molar-refractivity contribution in [3.05, 3.63) is 16.1 Å². The van der Waals surface area contributed by atoms with E-state index in [-0.39, 0.29) is 5.41 Å². The van der Waals surface area contributed by atoms with Crippen molar-refractivity contribution >= 4 is 29.1 Å². The third kappa shape index (κ3) is 5.38. The molecule has 0 amide bonds. The maximum Gasteiger partial charge on any atom is 0.193 e. The van der Waals surface area contributed by atoms with Crippen molar-refractivity contribution in [3.63, 3.8) is 0 Å². The number of hydrogen-bond donors (Lipinski definition) is 1. The molecule has 1 fully saturated rings. The van der Waals surface area contributed by atoms with Crippen molar-refractivity contribution in [2.45, 2.75) is 51.2 Å². The Kier molecular flexibility index (Phi) is 6.77. The molecule has 1 unspecified atom stereocenters. The van der Waals surface area contributed by atoms with Crippen LogP contribution in [-0.2, 0) is 11.8 Å². The minimum Gasteiger partial charge on any atom is -0.356 e. The first kappa shape index (κ1) is 18.6. The zero-order valence-corrected chi connectivity index (χ0v) is 16.7. The van der Waals surface area contributed by atoms with Gasteiger partial charge in [-0.2, -0.15) is 11.8 Å². The van der Waals surface area contributed by atoms with E-state index < -0.39 is 0 Å². The summed E-state index contributed by atoms with van der Waals surface area (Å²) in [4.78, 5) is 11.6. The predicted octanol–water partition coefficient (Wildman–Crippen LogP) is 3.39. The Bertz CT molecular complexity index is 519. The van der Waals surface area contributed by atoms with Gasteiger partial charge in [0.25, 0.3) is 0 Å². The van der Waals surface area contributed by atoms with Crippen molar-refractivity contribution in [2.24, 2.45) is 4.99 Å². The molecule has 1 saturated heterocycles. The summed E-state index contributed by atoms with van der Waals surface area (Å²) in [7, 11) is 1.88. The lowest BCUT2D eigenvalue weighted by Crippen LogP contribution is -2.48. The molecular formula is C17H30N4S2. The summed E-state index contributed by atoms with van der Waals surface area (Å²) >= 11 is 3.86. The first-order chi connectivity index (χ1) is 10.9. The van der Waals surface area contributed by atoms with Crippen molar-refractivity contribution < 1.29 is 0 Å². The number of rotatable bonds is 4. The number of nitrogens with zero attached hydrogens (tertiary/aromatic N) is 3. The average Bonchev–Trinajstić information content (AvgIpc) is 3.01. The van der Waals surface area contributed by atoms with Gasteiger partial charge in [-0.3, -0.25) is 4.99 Å². The Balaban J connectivity index is 1.83. The molecular weight excluding hydrogens is 324 g/mol. The molecule has 6 heteroatoms. The van der Waals surface area contributed by atoms with Crippen LogP contribution in [0.1, 0.15) is 44.8 Å². The number of thioether (sulfide) groups is 1. The van der Waals surface area contributed by atoms with Gasteiger partial charge in [-0.15, -0.1) is 11.3 Å². The first-order valence-corrected chi connectivity index (χ1v) is 10.4. The number of nitrogens with one attached hydrogen (secondary N) is 1. The van der Waals surface area contributed by atoms with Crippen LogP contribution in [0.3, 0.4) is 0 Å². The quantitative estimate of drug-likeness (QED) is 0.665. The Labute approximate surface area is 149 Å². The Morgan fingerprint density at radius 3 is 2.87 bits per heavy atom. The highest BCUT2D eigenvalue weighted by Crippen LogP contribution is 2.24. The van der Waals surface area contributed by atoms with Crippen LogP contribution in [0, 0.1) is 0 Å². The number of hydrogen-bond acceptors (Lipinski definition) is 4. The van der Waals surface area contributed by atoms with Crippen LogP contribution in [-0.4, -0.2) is 53.5 Å². The van der Waals surface area contributed by atoms with Gasteiger partial charge in [0.2, 0.25) is 0 Å². The highest BCUT2D eigenvalue weighted by Gasteiger charge is 2.21.